The Kier molecular flexibility index (Phi) is 4.92. The van der Waals surface area contributed by atoms with Gasteiger partial charge in [-0.2, -0.15) is 0 Å². The van der Waals surface area contributed by atoms with Crippen LogP contribution in [0.1, 0.15) is 87.7 Å². The van der Waals surface area contributed by atoms with Gasteiger partial charge in [-0.15, -0.1) is 0 Å². The molecule has 0 aromatic heterocycles. The summed E-state index contributed by atoms with van der Waals surface area (Å²) in [7, 11) is 0. The SMILES string of the molecule is C1=CCC(c2ccc(C3CCCCC3)cc2)(C2CCCCC2)C=C1. The largest absolute Gasteiger partial charge is 0.0833 e. The summed E-state index contributed by atoms with van der Waals surface area (Å²) >= 11 is 0. The first-order valence-corrected chi connectivity index (χ1v) is 10.3. The van der Waals surface area contributed by atoms with Crippen LogP contribution in [0.5, 0.6) is 0 Å². The maximum atomic E-state index is 2.53. The number of hydrogen-bond donors (Lipinski definition) is 0. The quantitative estimate of drug-likeness (QED) is 0.558. The van der Waals surface area contributed by atoms with E-state index in [0.29, 0.717) is 0 Å². The predicted molar refractivity (Wildman–Crippen MR) is 103 cm³/mol. The average Bonchev–Trinajstić information content (AvgIpc) is 2.70. The first kappa shape index (κ1) is 16.2. The normalized spacial score (nSPS) is 29.0. The minimum atomic E-state index is 0.264. The van der Waals surface area contributed by atoms with E-state index in [1.54, 1.807) is 11.1 Å². The molecule has 3 aliphatic carbocycles. The van der Waals surface area contributed by atoms with E-state index >= 15 is 0 Å². The Morgan fingerprint density at radius 1 is 0.708 bits per heavy atom. The van der Waals surface area contributed by atoms with Crippen molar-refractivity contribution in [3.8, 4) is 0 Å². The maximum absolute atomic E-state index is 2.53. The van der Waals surface area contributed by atoms with Crippen LogP contribution in [0.4, 0.5) is 0 Å². The lowest BCUT2D eigenvalue weighted by Gasteiger charge is -2.42. The third kappa shape index (κ3) is 3.13. The van der Waals surface area contributed by atoms with Gasteiger partial charge in [-0.25, -0.2) is 0 Å². The minimum Gasteiger partial charge on any atom is -0.0833 e. The fourth-order valence-corrected chi connectivity index (χ4v) is 5.51. The van der Waals surface area contributed by atoms with Gasteiger partial charge < -0.3 is 0 Å². The molecule has 128 valence electrons. The van der Waals surface area contributed by atoms with E-state index in [0.717, 1.165) is 11.8 Å². The Morgan fingerprint density at radius 2 is 1.38 bits per heavy atom. The molecule has 0 aliphatic heterocycles. The Hall–Kier alpha value is -1.30. The summed E-state index contributed by atoms with van der Waals surface area (Å²) in [5.41, 5.74) is 3.42. The van der Waals surface area contributed by atoms with E-state index in [-0.39, 0.29) is 5.41 Å². The third-order valence-corrected chi connectivity index (χ3v) is 6.95. The zero-order chi connectivity index (χ0) is 16.2. The topological polar surface area (TPSA) is 0 Å². The van der Waals surface area contributed by atoms with Gasteiger partial charge in [0.1, 0.15) is 0 Å². The lowest BCUT2D eigenvalue weighted by Crippen LogP contribution is -2.35. The van der Waals surface area contributed by atoms with Gasteiger partial charge in [0.25, 0.3) is 0 Å². The molecule has 24 heavy (non-hydrogen) atoms. The van der Waals surface area contributed by atoms with E-state index in [2.05, 4.69) is 48.6 Å². The van der Waals surface area contributed by atoms with Crippen LogP contribution in [-0.2, 0) is 5.41 Å². The molecule has 0 heteroatoms. The Balaban J connectivity index is 1.60. The first-order valence-electron chi connectivity index (χ1n) is 10.3. The summed E-state index contributed by atoms with van der Waals surface area (Å²) in [5.74, 6) is 1.65. The van der Waals surface area contributed by atoms with Crippen LogP contribution in [0.15, 0.2) is 48.6 Å². The molecule has 2 fully saturated rings. The predicted octanol–water partition coefficient (Wildman–Crippen LogP) is 7.07. The molecule has 2 saturated carbocycles. The molecule has 0 saturated heterocycles. The van der Waals surface area contributed by atoms with E-state index in [1.807, 2.05) is 0 Å². The van der Waals surface area contributed by atoms with Crippen molar-refractivity contribution in [3.63, 3.8) is 0 Å². The summed E-state index contributed by atoms with van der Waals surface area (Å²) in [4.78, 5) is 0. The highest BCUT2D eigenvalue weighted by Gasteiger charge is 2.38. The molecule has 1 aromatic carbocycles. The van der Waals surface area contributed by atoms with Gasteiger partial charge in [0, 0.05) is 5.41 Å². The van der Waals surface area contributed by atoms with Crippen molar-refractivity contribution >= 4 is 0 Å². The molecular formula is C24H32. The second kappa shape index (κ2) is 7.30. The molecule has 3 aliphatic rings. The standard InChI is InChI=1S/C24H32/c1-4-10-20(11-5-1)21-14-16-23(17-15-21)24(18-8-3-9-19-24)22-12-6-2-7-13-22/h3,8-9,14-18,20,22H,1-2,4-7,10-13,19H2. The minimum absolute atomic E-state index is 0.264. The van der Waals surface area contributed by atoms with Crippen LogP contribution >= 0.6 is 0 Å². The fourth-order valence-electron chi connectivity index (χ4n) is 5.51. The third-order valence-electron chi connectivity index (χ3n) is 6.95. The smallest absolute Gasteiger partial charge is 0.0198 e. The average molecular weight is 321 g/mol. The van der Waals surface area contributed by atoms with Crippen molar-refractivity contribution in [2.24, 2.45) is 5.92 Å². The molecular weight excluding hydrogens is 288 g/mol. The van der Waals surface area contributed by atoms with Gasteiger partial charge in [-0.1, -0.05) is 87.1 Å². The molecule has 0 spiro atoms. The van der Waals surface area contributed by atoms with Crippen LogP contribution < -0.4 is 0 Å². The van der Waals surface area contributed by atoms with Crippen molar-refractivity contribution in [1.82, 2.24) is 0 Å². The van der Waals surface area contributed by atoms with Crippen LogP contribution in [0.25, 0.3) is 0 Å². The molecule has 0 amide bonds. The number of benzene rings is 1. The van der Waals surface area contributed by atoms with Gasteiger partial charge in [0.2, 0.25) is 0 Å². The first-order chi connectivity index (χ1) is 11.9. The van der Waals surface area contributed by atoms with Gasteiger partial charge in [-0.05, 0) is 55.1 Å². The Bertz CT molecular complexity index is 579. The van der Waals surface area contributed by atoms with E-state index in [9.17, 15) is 0 Å². The highest BCUT2D eigenvalue weighted by atomic mass is 14.4. The van der Waals surface area contributed by atoms with Crippen LogP contribution in [0, 0.1) is 5.92 Å². The van der Waals surface area contributed by atoms with E-state index < -0.39 is 0 Å². The summed E-state index contributed by atoms with van der Waals surface area (Å²) in [6.45, 7) is 0. The fraction of sp³-hybridized carbons (Fsp3) is 0.583. The molecule has 4 rings (SSSR count). The monoisotopic (exact) mass is 320 g/mol. The van der Waals surface area contributed by atoms with Crippen molar-refractivity contribution in [3.05, 3.63) is 59.7 Å². The molecule has 1 atom stereocenters. The lowest BCUT2D eigenvalue weighted by molar-refractivity contribution is 0.245. The molecule has 0 heterocycles. The van der Waals surface area contributed by atoms with Crippen LogP contribution in [0.3, 0.4) is 0 Å². The molecule has 0 nitrogen and oxygen atoms in total. The summed E-state index contributed by atoms with van der Waals surface area (Å²) in [6, 6.07) is 9.87. The summed E-state index contributed by atoms with van der Waals surface area (Å²) in [5, 5.41) is 0. The van der Waals surface area contributed by atoms with Gasteiger partial charge in [0.15, 0.2) is 0 Å². The number of allylic oxidation sites excluding steroid dienone is 4. The molecule has 1 unspecified atom stereocenters. The van der Waals surface area contributed by atoms with Crippen molar-refractivity contribution < 1.29 is 0 Å². The van der Waals surface area contributed by atoms with E-state index in [4.69, 9.17) is 0 Å². The van der Waals surface area contributed by atoms with Crippen molar-refractivity contribution in [1.29, 1.82) is 0 Å². The Labute approximate surface area is 148 Å². The molecule has 0 N–H and O–H groups in total. The number of hydrogen-bond acceptors (Lipinski definition) is 0. The summed E-state index contributed by atoms with van der Waals surface area (Å²) < 4.78 is 0. The van der Waals surface area contributed by atoms with Gasteiger partial charge in [-0.3, -0.25) is 0 Å². The maximum Gasteiger partial charge on any atom is 0.0198 e. The van der Waals surface area contributed by atoms with Gasteiger partial charge in [0.05, 0.1) is 0 Å². The molecule has 0 bridgehead atoms. The zero-order valence-corrected chi connectivity index (χ0v) is 15.1. The lowest BCUT2D eigenvalue weighted by atomic mass is 9.62. The molecule has 0 radical (unpaired) electrons. The van der Waals surface area contributed by atoms with Crippen molar-refractivity contribution in [2.45, 2.75) is 82.0 Å². The van der Waals surface area contributed by atoms with Crippen LogP contribution in [0.2, 0.25) is 0 Å². The number of rotatable bonds is 3. The van der Waals surface area contributed by atoms with E-state index in [1.165, 1.54) is 70.6 Å². The second-order valence-electron chi connectivity index (χ2n) is 8.32. The highest BCUT2D eigenvalue weighted by molar-refractivity contribution is 5.39. The second-order valence-corrected chi connectivity index (χ2v) is 8.32. The highest BCUT2D eigenvalue weighted by Crippen LogP contribution is 2.46. The summed E-state index contributed by atoms with van der Waals surface area (Å²) in [6.07, 6.45) is 24.8. The van der Waals surface area contributed by atoms with Crippen LogP contribution in [-0.4, -0.2) is 0 Å². The zero-order valence-electron chi connectivity index (χ0n) is 15.1. The van der Waals surface area contributed by atoms with Crippen molar-refractivity contribution in [2.75, 3.05) is 0 Å². The Morgan fingerprint density at radius 3 is 2.00 bits per heavy atom. The van der Waals surface area contributed by atoms with Gasteiger partial charge >= 0.3 is 0 Å². The molecule has 1 aromatic rings.